The third kappa shape index (κ3) is 4.56. The fourth-order valence-electron chi connectivity index (χ4n) is 1.83. The van der Waals surface area contributed by atoms with Crippen molar-refractivity contribution in [2.75, 3.05) is 6.61 Å². The van der Waals surface area contributed by atoms with Crippen molar-refractivity contribution in [2.45, 2.75) is 24.8 Å². The van der Waals surface area contributed by atoms with Crippen molar-refractivity contribution >= 4 is 26.0 Å². The van der Waals surface area contributed by atoms with E-state index >= 15 is 0 Å². The molecule has 0 aliphatic carbocycles. The lowest BCUT2D eigenvalue weighted by atomic mass is 10.2. The number of hydrogen-bond donors (Lipinski definition) is 1. The van der Waals surface area contributed by atoms with E-state index in [1.54, 1.807) is 12.1 Å². The lowest BCUT2D eigenvalue weighted by Gasteiger charge is -2.11. The summed E-state index contributed by atoms with van der Waals surface area (Å²) >= 11 is 3.36. The summed E-state index contributed by atoms with van der Waals surface area (Å²) in [5.41, 5.74) is 0.908. The molecule has 0 aromatic heterocycles. The van der Waals surface area contributed by atoms with E-state index in [2.05, 4.69) is 20.7 Å². The van der Waals surface area contributed by atoms with Gasteiger partial charge in [0, 0.05) is 12.6 Å². The van der Waals surface area contributed by atoms with Crippen LogP contribution in [0.5, 0.6) is 5.75 Å². The van der Waals surface area contributed by atoms with Crippen LogP contribution in [0.3, 0.4) is 0 Å². The monoisotopic (exact) mass is 383 g/mol. The molecule has 2 aromatic carbocycles. The van der Waals surface area contributed by atoms with Crippen LogP contribution in [0, 0.1) is 0 Å². The van der Waals surface area contributed by atoms with Gasteiger partial charge in [0.2, 0.25) is 10.0 Å². The van der Waals surface area contributed by atoms with E-state index in [0.29, 0.717) is 12.4 Å². The quantitative estimate of drug-likeness (QED) is 0.792. The molecule has 0 bridgehead atoms. The third-order valence-electron chi connectivity index (χ3n) is 2.98. The van der Waals surface area contributed by atoms with Crippen molar-refractivity contribution in [1.29, 1.82) is 0 Å². The highest BCUT2D eigenvalue weighted by Crippen LogP contribution is 2.28. The Morgan fingerprint density at radius 1 is 1.14 bits per heavy atom. The van der Waals surface area contributed by atoms with Crippen molar-refractivity contribution in [3.8, 4) is 5.75 Å². The molecule has 0 fully saturated rings. The summed E-state index contributed by atoms with van der Waals surface area (Å²) in [6.45, 7) is 2.79. The van der Waals surface area contributed by atoms with Gasteiger partial charge < -0.3 is 4.74 Å². The van der Waals surface area contributed by atoms with Crippen LogP contribution in [-0.2, 0) is 16.6 Å². The molecule has 0 radical (unpaired) electrons. The molecular weight excluding hydrogens is 366 g/mol. The topological polar surface area (TPSA) is 55.4 Å². The van der Waals surface area contributed by atoms with Gasteiger partial charge in [-0.3, -0.25) is 0 Å². The van der Waals surface area contributed by atoms with E-state index in [1.165, 1.54) is 6.07 Å². The Morgan fingerprint density at radius 3 is 2.55 bits per heavy atom. The van der Waals surface area contributed by atoms with E-state index in [1.807, 2.05) is 37.3 Å². The predicted octanol–water partition coefficient (Wildman–Crippen LogP) is 3.72. The molecule has 0 heterocycles. The van der Waals surface area contributed by atoms with Gasteiger partial charge in [-0.25, -0.2) is 13.1 Å². The van der Waals surface area contributed by atoms with Crippen LogP contribution in [0.25, 0.3) is 0 Å². The zero-order valence-corrected chi connectivity index (χ0v) is 14.7. The highest BCUT2D eigenvalue weighted by molar-refractivity contribution is 9.10. The Morgan fingerprint density at radius 2 is 1.86 bits per heavy atom. The van der Waals surface area contributed by atoms with Crippen LogP contribution in [-0.4, -0.2) is 15.0 Å². The van der Waals surface area contributed by atoms with Crippen LogP contribution >= 0.6 is 15.9 Å². The minimum atomic E-state index is -3.57. The van der Waals surface area contributed by atoms with Gasteiger partial charge in [-0.15, -0.1) is 0 Å². The first-order valence-corrected chi connectivity index (χ1v) is 9.26. The molecule has 0 aliphatic heterocycles. The Hall–Kier alpha value is -1.37. The van der Waals surface area contributed by atoms with E-state index in [0.717, 1.165) is 16.5 Å². The van der Waals surface area contributed by atoms with Gasteiger partial charge in [0.05, 0.1) is 16.0 Å². The van der Waals surface area contributed by atoms with Gasteiger partial charge in [0.25, 0.3) is 0 Å². The highest BCUT2D eigenvalue weighted by atomic mass is 79.9. The first-order valence-electron chi connectivity index (χ1n) is 6.99. The van der Waals surface area contributed by atoms with Crippen LogP contribution in [0.4, 0.5) is 0 Å². The molecule has 0 saturated carbocycles. The minimum Gasteiger partial charge on any atom is -0.492 e. The number of sulfonamides is 1. The summed E-state index contributed by atoms with van der Waals surface area (Å²) in [6.07, 6.45) is 0.857. The molecule has 2 rings (SSSR count). The summed E-state index contributed by atoms with van der Waals surface area (Å²) in [5, 5.41) is 0. The molecule has 0 saturated heterocycles. The molecule has 0 amide bonds. The SMILES string of the molecule is CCCOc1cc(S(=O)(=O)NCc2ccccc2)ccc1Br. The summed E-state index contributed by atoms with van der Waals surface area (Å²) in [4.78, 5) is 0.192. The van der Waals surface area contributed by atoms with Crippen molar-refractivity contribution in [2.24, 2.45) is 0 Å². The van der Waals surface area contributed by atoms with E-state index < -0.39 is 10.0 Å². The van der Waals surface area contributed by atoms with Crippen molar-refractivity contribution < 1.29 is 13.2 Å². The molecule has 0 atom stereocenters. The summed E-state index contributed by atoms with van der Waals surface area (Å²) < 4.78 is 33.6. The fraction of sp³-hybridized carbons (Fsp3) is 0.250. The fourth-order valence-corrected chi connectivity index (χ4v) is 3.22. The molecular formula is C16H18BrNO3S. The summed E-state index contributed by atoms with van der Waals surface area (Å²) in [5.74, 6) is 0.532. The second-order valence-electron chi connectivity index (χ2n) is 4.75. The maximum Gasteiger partial charge on any atom is 0.241 e. The minimum absolute atomic E-state index is 0.192. The zero-order valence-electron chi connectivity index (χ0n) is 12.3. The van der Waals surface area contributed by atoms with Crippen LogP contribution in [0.15, 0.2) is 57.9 Å². The van der Waals surface area contributed by atoms with Crippen LogP contribution in [0.2, 0.25) is 0 Å². The van der Waals surface area contributed by atoms with Gasteiger partial charge in [0.15, 0.2) is 0 Å². The lowest BCUT2D eigenvalue weighted by molar-refractivity contribution is 0.314. The predicted molar refractivity (Wildman–Crippen MR) is 90.4 cm³/mol. The van der Waals surface area contributed by atoms with Gasteiger partial charge in [-0.2, -0.15) is 0 Å². The molecule has 1 N–H and O–H groups in total. The Bertz CT molecular complexity index is 717. The molecule has 4 nitrogen and oxygen atoms in total. The van der Waals surface area contributed by atoms with Crippen LogP contribution in [0.1, 0.15) is 18.9 Å². The number of ether oxygens (including phenoxy) is 1. The second kappa shape index (κ2) is 7.76. The first-order chi connectivity index (χ1) is 10.5. The smallest absolute Gasteiger partial charge is 0.241 e. The van der Waals surface area contributed by atoms with Crippen LogP contribution < -0.4 is 9.46 Å². The van der Waals surface area contributed by atoms with Gasteiger partial charge in [-0.05, 0) is 40.0 Å². The normalized spacial score (nSPS) is 11.4. The van der Waals surface area contributed by atoms with E-state index in [9.17, 15) is 8.42 Å². The second-order valence-corrected chi connectivity index (χ2v) is 7.37. The zero-order chi connectivity index (χ0) is 16.0. The summed E-state index contributed by atoms with van der Waals surface area (Å²) in [6, 6.07) is 14.2. The molecule has 2 aromatic rings. The molecule has 22 heavy (non-hydrogen) atoms. The highest BCUT2D eigenvalue weighted by Gasteiger charge is 2.16. The third-order valence-corrected chi connectivity index (χ3v) is 5.04. The standard InChI is InChI=1S/C16H18BrNO3S/c1-2-10-21-16-11-14(8-9-15(16)17)22(19,20)18-12-13-6-4-3-5-7-13/h3-9,11,18H,2,10,12H2,1H3. The first kappa shape index (κ1) is 17.0. The van der Waals surface area contributed by atoms with Crippen molar-refractivity contribution in [3.05, 3.63) is 58.6 Å². The Balaban J connectivity index is 2.15. The maximum atomic E-state index is 12.4. The molecule has 6 heteroatoms. The number of benzene rings is 2. The summed E-state index contributed by atoms with van der Waals surface area (Å²) in [7, 11) is -3.57. The molecule has 0 spiro atoms. The molecule has 0 unspecified atom stereocenters. The van der Waals surface area contributed by atoms with Gasteiger partial charge in [-0.1, -0.05) is 37.3 Å². The Labute approximate surface area is 139 Å². The number of nitrogens with one attached hydrogen (secondary N) is 1. The number of rotatable bonds is 7. The van der Waals surface area contributed by atoms with Crippen molar-refractivity contribution in [3.63, 3.8) is 0 Å². The van der Waals surface area contributed by atoms with E-state index in [4.69, 9.17) is 4.74 Å². The largest absolute Gasteiger partial charge is 0.492 e. The number of halogens is 1. The number of hydrogen-bond acceptors (Lipinski definition) is 3. The van der Waals surface area contributed by atoms with Gasteiger partial charge >= 0.3 is 0 Å². The van der Waals surface area contributed by atoms with Crippen molar-refractivity contribution in [1.82, 2.24) is 4.72 Å². The maximum absolute atomic E-state index is 12.4. The van der Waals surface area contributed by atoms with Gasteiger partial charge in [0.1, 0.15) is 5.75 Å². The lowest BCUT2D eigenvalue weighted by Crippen LogP contribution is -2.23. The molecule has 0 aliphatic rings. The average molecular weight is 384 g/mol. The average Bonchev–Trinajstić information content (AvgIpc) is 2.53. The molecule has 118 valence electrons. The Kier molecular flexibility index (Phi) is 5.99. The van der Waals surface area contributed by atoms with E-state index in [-0.39, 0.29) is 11.4 Å².